The highest BCUT2D eigenvalue weighted by Crippen LogP contribution is 2.26. The lowest BCUT2D eigenvalue weighted by atomic mass is 9.89. The third-order valence-corrected chi connectivity index (χ3v) is 5.18. The van der Waals surface area contributed by atoms with Crippen molar-refractivity contribution >= 4 is 22.9 Å². The molecule has 24 heavy (non-hydrogen) atoms. The Morgan fingerprint density at radius 3 is 3.04 bits per heavy atom. The van der Waals surface area contributed by atoms with E-state index in [0.717, 1.165) is 35.0 Å². The van der Waals surface area contributed by atoms with Gasteiger partial charge in [0.25, 0.3) is 5.91 Å². The van der Waals surface area contributed by atoms with Crippen molar-refractivity contribution in [1.82, 2.24) is 4.98 Å². The molecule has 2 atom stereocenters. The lowest BCUT2D eigenvalue weighted by Crippen LogP contribution is -2.21. The Morgan fingerprint density at radius 2 is 2.29 bits per heavy atom. The molecule has 2 aromatic rings. The molecule has 0 radical (unpaired) electrons. The molecule has 3 rings (SSSR count). The Balaban J connectivity index is 1.56. The van der Waals surface area contributed by atoms with E-state index in [-0.39, 0.29) is 5.91 Å². The smallest absolute Gasteiger partial charge is 0.275 e. The lowest BCUT2D eigenvalue weighted by Gasteiger charge is -2.26. The van der Waals surface area contributed by atoms with Gasteiger partial charge in [-0.15, -0.1) is 11.3 Å². The maximum atomic E-state index is 12.2. The third-order valence-electron chi connectivity index (χ3n) is 4.41. The number of aromatic nitrogens is 1. The van der Waals surface area contributed by atoms with Crippen molar-refractivity contribution in [3.8, 4) is 0 Å². The lowest BCUT2D eigenvalue weighted by molar-refractivity contribution is 0.00468. The predicted octanol–water partition coefficient (Wildman–Crippen LogP) is 4.80. The van der Waals surface area contributed by atoms with E-state index in [4.69, 9.17) is 4.74 Å². The van der Waals surface area contributed by atoms with E-state index in [2.05, 4.69) is 17.2 Å². The van der Waals surface area contributed by atoms with Gasteiger partial charge in [-0.25, -0.2) is 4.98 Å². The van der Waals surface area contributed by atoms with Crippen molar-refractivity contribution in [2.45, 2.75) is 52.2 Å². The number of carbonyl (C=O) groups is 1. The summed E-state index contributed by atoms with van der Waals surface area (Å²) in [6, 6.07) is 7.85. The minimum absolute atomic E-state index is 0.168. The molecule has 128 valence electrons. The minimum atomic E-state index is -0.168. The van der Waals surface area contributed by atoms with Crippen LogP contribution in [0.25, 0.3) is 0 Å². The van der Waals surface area contributed by atoms with Gasteiger partial charge >= 0.3 is 0 Å². The normalized spacial score (nSPS) is 20.8. The third kappa shape index (κ3) is 4.65. The second kappa shape index (κ2) is 7.90. The Hall–Kier alpha value is -1.72. The molecule has 0 aliphatic heterocycles. The summed E-state index contributed by atoms with van der Waals surface area (Å²) in [6.07, 6.45) is 5.25. The van der Waals surface area contributed by atoms with Crippen LogP contribution >= 0.6 is 11.3 Å². The van der Waals surface area contributed by atoms with Crippen molar-refractivity contribution in [3.05, 3.63) is 45.9 Å². The molecule has 1 aromatic carbocycles. The number of carbonyl (C=O) groups excluding carboxylic acids is 1. The zero-order valence-corrected chi connectivity index (χ0v) is 15.1. The van der Waals surface area contributed by atoms with E-state index in [1.54, 1.807) is 5.38 Å². The van der Waals surface area contributed by atoms with Crippen LogP contribution in [-0.4, -0.2) is 17.0 Å². The van der Waals surface area contributed by atoms with Crippen LogP contribution in [0.5, 0.6) is 0 Å². The molecule has 0 spiro atoms. The zero-order chi connectivity index (χ0) is 16.9. The van der Waals surface area contributed by atoms with E-state index in [1.165, 1.54) is 24.2 Å². The number of ether oxygens (including phenoxy) is 1. The van der Waals surface area contributed by atoms with Crippen LogP contribution in [0.4, 0.5) is 5.69 Å². The first-order chi connectivity index (χ1) is 11.6. The van der Waals surface area contributed by atoms with Crippen LogP contribution in [0, 0.1) is 12.8 Å². The highest BCUT2D eigenvalue weighted by Gasteiger charge is 2.19. The number of hydrogen-bond donors (Lipinski definition) is 1. The molecular formula is C19H24N2O2S. The summed E-state index contributed by atoms with van der Waals surface area (Å²) in [6.45, 7) is 4.79. The van der Waals surface area contributed by atoms with Gasteiger partial charge in [0.1, 0.15) is 5.69 Å². The van der Waals surface area contributed by atoms with E-state index in [1.807, 2.05) is 31.2 Å². The van der Waals surface area contributed by atoms with E-state index in [0.29, 0.717) is 18.4 Å². The van der Waals surface area contributed by atoms with Gasteiger partial charge in [-0.2, -0.15) is 0 Å². The largest absolute Gasteiger partial charge is 0.374 e. The van der Waals surface area contributed by atoms with Crippen molar-refractivity contribution in [1.29, 1.82) is 0 Å². The van der Waals surface area contributed by atoms with Crippen LogP contribution in [0.15, 0.2) is 29.6 Å². The quantitative estimate of drug-likeness (QED) is 0.847. The fourth-order valence-corrected chi connectivity index (χ4v) is 3.74. The minimum Gasteiger partial charge on any atom is -0.374 e. The standard InChI is InChI=1S/C19H24N2O2S/c1-13-5-3-8-17(9-13)23-11-15-6-4-7-16(10-15)21-19(22)18-12-24-14(2)20-18/h4,6-7,10,12-13,17H,3,5,8-9,11H2,1-2H3,(H,21,22)/t13-,17-/m1/s1. The maximum Gasteiger partial charge on any atom is 0.275 e. The average Bonchev–Trinajstić information content (AvgIpc) is 3.00. The average molecular weight is 344 g/mol. The van der Waals surface area contributed by atoms with Gasteiger partial charge in [0.15, 0.2) is 0 Å². The van der Waals surface area contributed by atoms with Gasteiger partial charge in [0, 0.05) is 11.1 Å². The van der Waals surface area contributed by atoms with Crippen LogP contribution in [0.3, 0.4) is 0 Å². The molecule has 4 nitrogen and oxygen atoms in total. The van der Waals surface area contributed by atoms with Crippen LogP contribution in [0.1, 0.15) is 53.7 Å². The maximum absolute atomic E-state index is 12.2. The molecule has 1 saturated carbocycles. The second-order valence-electron chi connectivity index (χ2n) is 6.61. The highest BCUT2D eigenvalue weighted by molar-refractivity contribution is 7.09. The first-order valence-corrected chi connectivity index (χ1v) is 9.42. The summed E-state index contributed by atoms with van der Waals surface area (Å²) in [7, 11) is 0. The summed E-state index contributed by atoms with van der Waals surface area (Å²) in [5, 5.41) is 5.58. The number of nitrogens with zero attached hydrogens (tertiary/aromatic N) is 1. The Kier molecular flexibility index (Phi) is 5.63. The number of benzene rings is 1. The highest BCUT2D eigenvalue weighted by atomic mass is 32.1. The fourth-order valence-electron chi connectivity index (χ4n) is 3.15. The molecule has 1 amide bonds. The summed E-state index contributed by atoms with van der Waals surface area (Å²) >= 11 is 1.48. The number of nitrogens with one attached hydrogen (secondary N) is 1. The van der Waals surface area contributed by atoms with Crippen molar-refractivity contribution in [3.63, 3.8) is 0 Å². The van der Waals surface area contributed by atoms with Gasteiger partial charge < -0.3 is 10.1 Å². The van der Waals surface area contributed by atoms with Gasteiger partial charge in [0.05, 0.1) is 17.7 Å². The van der Waals surface area contributed by atoms with E-state index in [9.17, 15) is 4.79 Å². The fraction of sp³-hybridized carbons (Fsp3) is 0.474. The molecule has 1 heterocycles. The first kappa shape index (κ1) is 17.1. The van der Waals surface area contributed by atoms with E-state index >= 15 is 0 Å². The molecular weight excluding hydrogens is 320 g/mol. The molecule has 1 aliphatic rings. The molecule has 0 bridgehead atoms. The summed E-state index contributed by atoms with van der Waals surface area (Å²) in [5.41, 5.74) is 2.33. The summed E-state index contributed by atoms with van der Waals surface area (Å²) in [5.74, 6) is 0.592. The number of thiazole rings is 1. The predicted molar refractivity (Wildman–Crippen MR) is 97.5 cm³/mol. The van der Waals surface area contributed by atoms with Gasteiger partial charge in [0.2, 0.25) is 0 Å². The van der Waals surface area contributed by atoms with Crippen molar-refractivity contribution < 1.29 is 9.53 Å². The second-order valence-corrected chi connectivity index (χ2v) is 7.67. The number of anilines is 1. The topological polar surface area (TPSA) is 51.2 Å². The summed E-state index contributed by atoms with van der Waals surface area (Å²) in [4.78, 5) is 16.4. The molecule has 1 aromatic heterocycles. The molecule has 5 heteroatoms. The van der Waals surface area contributed by atoms with E-state index < -0.39 is 0 Å². The first-order valence-electron chi connectivity index (χ1n) is 8.54. The molecule has 0 unspecified atom stereocenters. The van der Waals surface area contributed by atoms with Crippen LogP contribution in [-0.2, 0) is 11.3 Å². The Morgan fingerprint density at radius 1 is 1.42 bits per heavy atom. The molecule has 1 aliphatic carbocycles. The molecule has 0 saturated heterocycles. The number of hydrogen-bond acceptors (Lipinski definition) is 4. The Bertz CT molecular complexity index is 698. The molecule has 1 N–H and O–H groups in total. The van der Waals surface area contributed by atoms with Gasteiger partial charge in [-0.05, 0) is 43.4 Å². The van der Waals surface area contributed by atoms with Gasteiger partial charge in [-0.3, -0.25) is 4.79 Å². The monoisotopic (exact) mass is 344 g/mol. The number of amides is 1. The van der Waals surface area contributed by atoms with Gasteiger partial charge in [-0.1, -0.05) is 31.9 Å². The van der Waals surface area contributed by atoms with Crippen molar-refractivity contribution in [2.24, 2.45) is 5.92 Å². The van der Waals surface area contributed by atoms with Crippen molar-refractivity contribution in [2.75, 3.05) is 5.32 Å². The summed E-state index contributed by atoms with van der Waals surface area (Å²) < 4.78 is 6.06. The van der Waals surface area contributed by atoms with Crippen LogP contribution in [0.2, 0.25) is 0 Å². The number of rotatable bonds is 5. The SMILES string of the molecule is Cc1nc(C(=O)Nc2cccc(CO[C@@H]3CCC[C@@H](C)C3)c2)cs1. The molecule has 1 fully saturated rings. The van der Waals surface area contributed by atoms with Crippen LogP contribution < -0.4 is 5.32 Å². The zero-order valence-electron chi connectivity index (χ0n) is 14.2. The Labute approximate surface area is 147 Å². The number of aryl methyl sites for hydroxylation is 1.